The minimum Gasteiger partial charge on any atom is -0.466 e. The molecule has 1 aliphatic rings. The fraction of sp³-hybridized carbons (Fsp3) is 0.429. The van der Waals surface area contributed by atoms with Crippen molar-refractivity contribution in [3.63, 3.8) is 0 Å². The Morgan fingerprint density at radius 1 is 1.43 bits per heavy atom. The molecule has 1 atom stereocenters. The van der Waals surface area contributed by atoms with Crippen molar-refractivity contribution >= 4 is 17.6 Å². The predicted molar refractivity (Wildman–Crippen MR) is 68.5 cm³/mol. The van der Waals surface area contributed by atoms with E-state index in [4.69, 9.17) is 4.74 Å². The summed E-state index contributed by atoms with van der Waals surface area (Å²) in [7, 11) is 0. The van der Waals surface area contributed by atoms with Gasteiger partial charge in [-0.3, -0.25) is 9.59 Å². The Morgan fingerprint density at radius 3 is 2.76 bits per heavy atom. The highest BCUT2D eigenvalue weighted by Crippen LogP contribution is 2.33. The van der Waals surface area contributed by atoms with Crippen molar-refractivity contribution in [2.75, 3.05) is 18.1 Å². The molecule has 0 radical (unpaired) electrons. The second-order valence-corrected chi connectivity index (χ2v) is 4.71. The average Bonchev–Trinajstić information content (AvgIpc) is 2.80. The van der Waals surface area contributed by atoms with Crippen LogP contribution in [0, 0.1) is 5.92 Å². The fourth-order valence-corrected chi connectivity index (χ4v) is 2.23. The molecule has 4 nitrogen and oxygen atoms in total. The number of anilines is 1. The van der Waals surface area contributed by atoms with Gasteiger partial charge in [0.2, 0.25) is 5.91 Å². The highest BCUT2D eigenvalue weighted by molar-refractivity contribution is 5.99. The molecule has 0 saturated carbocycles. The number of hydrogen-bond donors (Lipinski definition) is 0. The first-order chi connectivity index (χ1) is 9.82. The van der Waals surface area contributed by atoms with Crippen molar-refractivity contribution in [3.05, 3.63) is 29.8 Å². The molecule has 0 aliphatic carbocycles. The van der Waals surface area contributed by atoms with Crippen LogP contribution in [0.5, 0.6) is 0 Å². The number of rotatable bonds is 3. The normalized spacial score (nSPS) is 19.0. The largest absolute Gasteiger partial charge is 0.466 e. The van der Waals surface area contributed by atoms with Crippen LogP contribution in [0.3, 0.4) is 0 Å². The monoisotopic (exact) mass is 301 g/mol. The first-order valence-electron chi connectivity index (χ1n) is 6.47. The summed E-state index contributed by atoms with van der Waals surface area (Å²) in [5, 5.41) is 0. The van der Waals surface area contributed by atoms with E-state index in [-0.39, 0.29) is 31.2 Å². The van der Waals surface area contributed by atoms with E-state index in [0.717, 1.165) is 12.1 Å². The van der Waals surface area contributed by atoms with E-state index >= 15 is 0 Å². The van der Waals surface area contributed by atoms with E-state index in [0.29, 0.717) is 0 Å². The zero-order chi connectivity index (χ0) is 15.6. The number of benzene rings is 1. The van der Waals surface area contributed by atoms with E-state index < -0.39 is 23.6 Å². The Morgan fingerprint density at radius 2 is 2.14 bits per heavy atom. The maximum absolute atomic E-state index is 12.7. The van der Waals surface area contributed by atoms with Crippen molar-refractivity contribution in [2.24, 2.45) is 5.92 Å². The van der Waals surface area contributed by atoms with Gasteiger partial charge in [0.1, 0.15) is 0 Å². The van der Waals surface area contributed by atoms with Gasteiger partial charge in [-0.05, 0) is 25.1 Å². The number of amides is 1. The van der Waals surface area contributed by atoms with Crippen LogP contribution in [0.15, 0.2) is 24.3 Å². The van der Waals surface area contributed by atoms with E-state index in [2.05, 4.69) is 0 Å². The molecule has 114 valence electrons. The Balaban J connectivity index is 2.19. The first kappa shape index (κ1) is 15.3. The summed E-state index contributed by atoms with van der Waals surface area (Å²) in [6.45, 7) is 1.89. The van der Waals surface area contributed by atoms with Crippen molar-refractivity contribution < 1.29 is 27.5 Å². The Bertz CT molecular complexity index is 557. The average molecular weight is 301 g/mol. The molecule has 1 amide bonds. The number of alkyl halides is 3. The summed E-state index contributed by atoms with van der Waals surface area (Å²) in [6.07, 6.45) is -4.52. The SMILES string of the molecule is CCOC(=O)[C@@H]1CC(=O)N(c2cccc(C(F)(F)F)c2)C1. The zero-order valence-electron chi connectivity index (χ0n) is 11.3. The third-order valence-electron chi connectivity index (χ3n) is 3.23. The summed E-state index contributed by atoms with van der Waals surface area (Å²) in [4.78, 5) is 24.7. The van der Waals surface area contributed by atoms with E-state index in [1.807, 2.05) is 0 Å². The van der Waals surface area contributed by atoms with Crippen LogP contribution in [-0.4, -0.2) is 25.0 Å². The molecule has 0 bridgehead atoms. The third-order valence-corrected chi connectivity index (χ3v) is 3.23. The number of hydrogen-bond acceptors (Lipinski definition) is 3. The van der Waals surface area contributed by atoms with Crippen LogP contribution in [0.2, 0.25) is 0 Å². The maximum Gasteiger partial charge on any atom is 0.416 e. The van der Waals surface area contributed by atoms with Gasteiger partial charge in [-0.25, -0.2) is 0 Å². The van der Waals surface area contributed by atoms with Crippen molar-refractivity contribution in [2.45, 2.75) is 19.5 Å². The van der Waals surface area contributed by atoms with Gasteiger partial charge in [0.25, 0.3) is 0 Å². The minimum atomic E-state index is -4.47. The number of nitrogens with zero attached hydrogens (tertiary/aromatic N) is 1. The second kappa shape index (κ2) is 5.75. The molecule has 0 aromatic heterocycles. The topological polar surface area (TPSA) is 46.6 Å². The Labute approximate surface area is 119 Å². The van der Waals surface area contributed by atoms with Crippen LogP contribution in [0.25, 0.3) is 0 Å². The number of halogens is 3. The molecule has 0 N–H and O–H groups in total. The van der Waals surface area contributed by atoms with Crippen LogP contribution < -0.4 is 4.90 Å². The second-order valence-electron chi connectivity index (χ2n) is 4.71. The third kappa shape index (κ3) is 3.34. The molecule has 21 heavy (non-hydrogen) atoms. The molecular formula is C14H14F3NO3. The number of carbonyl (C=O) groups is 2. The lowest BCUT2D eigenvalue weighted by Crippen LogP contribution is -2.26. The standard InChI is InChI=1S/C14H14F3NO3/c1-2-21-13(20)9-6-12(19)18(8-9)11-5-3-4-10(7-11)14(15,16)17/h3-5,7,9H,2,6,8H2,1H3/t9-/m1/s1. The summed E-state index contributed by atoms with van der Waals surface area (Å²) >= 11 is 0. The Hall–Kier alpha value is -2.05. The highest BCUT2D eigenvalue weighted by atomic mass is 19.4. The molecule has 0 unspecified atom stereocenters. The molecule has 7 heteroatoms. The molecule has 0 spiro atoms. The predicted octanol–water partition coefficient (Wildman–Crippen LogP) is 2.62. The minimum absolute atomic E-state index is 0.0407. The maximum atomic E-state index is 12.7. The van der Waals surface area contributed by atoms with Gasteiger partial charge in [0.15, 0.2) is 0 Å². The molecule has 1 heterocycles. The van der Waals surface area contributed by atoms with Crippen LogP contribution in [0.1, 0.15) is 18.9 Å². The molecule has 1 aromatic rings. The van der Waals surface area contributed by atoms with Gasteiger partial charge in [-0.1, -0.05) is 6.07 Å². The number of ether oxygens (including phenoxy) is 1. The number of carbonyl (C=O) groups excluding carboxylic acids is 2. The van der Waals surface area contributed by atoms with Crippen LogP contribution >= 0.6 is 0 Å². The van der Waals surface area contributed by atoms with Gasteiger partial charge in [-0.15, -0.1) is 0 Å². The fourth-order valence-electron chi connectivity index (χ4n) is 2.23. The molecular weight excluding hydrogens is 287 g/mol. The molecule has 2 rings (SSSR count). The lowest BCUT2D eigenvalue weighted by Gasteiger charge is -2.18. The van der Waals surface area contributed by atoms with E-state index in [9.17, 15) is 22.8 Å². The van der Waals surface area contributed by atoms with E-state index in [1.165, 1.54) is 17.0 Å². The summed E-state index contributed by atoms with van der Waals surface area (Å²) in [5.74, 6) is -1.51. The quantitative estimate of drug-likeness (QED) is 0.806. The van der Waals surface area contributed by atoms with Gasteiger partial charge in [-0.2, -0.15) is 13.2 Å². The van der Waals surface area contributed by atoms with Crippen molar-refractivity contribution in [1.82, 2.24) is 0 Å². The summed E-state index contributed by atoms with van der Waals surface area (Å²) in [5.41, 5.74) is -0.686. The van der Waals surface area contributed by atoms with Gasteiger partial charge >= 0.3 is 12.1 Å². The van der Waals surface area contributed by atoms with Crippen molar-refractivity contribution in [1.29, 1.82) is 0 Å². The van der Waals surface area contributed by atoms with Crippen LogP contribution in [0.4, 0.5) is 18.9 Å². The smallest absolute Gasteiger partial charge is 0.416 e. The molecule has 1 aliphatic heterocycles. The number of esters is 1. The van der Waals surface area contributed by atoms with Crippen molar-refractivity contribution in [3.8, 4) is 0 Å². The van der Waals surface area contributed by atoms with Gasteiger partial charge < -0.3 is 9.64 Å². The summed E-state index contributed by atoms with van der Waals surface area (Å²) in [6, 6.07) is 4.50. The van der Waals surface area contributed by atoms with Gasteiger partial charge in [0.05, 0.1) is 18.1 Å². The molecule has 1 aromatic carbocycles. The van der Waals surface area contributed by atoms with Gasteiger partial charge in [0, 0.05) is 18.7 Å². The molecule has 1 fully saturated rings. The Kier molecular flexibility index (Phi) is 4.20. The summed E-state index contributed by atoms with van der Waals surface area (Å²) < 4.78 is 42.9. The zero-order valence-corrected chi connectivity index (χ0v) is 11.3. The first-order valence-corrected chi connectivity index (χ1v) is 6.47. The lowest BCUT2D eigenvalue weighted by molar-refractivity contribution is -0.147. The van der Waals surface area contributed by atoms with Crippen LogP contribution in [-0.2, 0) is 20.5 Å². The highest BCUT2D eigenvalue weighted by Gasteiger charge is 2.37. The lowest BCUT2D eigenvalue weighted by atomic mass is 10.1. The molecule has 1 saturated heterocycles. The van der Waals surface area contributed by atoms with E-state index in [1.54, 1.807) is 6.92 Å².